The van der Waals surface area contributed by atoms with Crippen molar-refractivity contribution in [2.75, 3.05) is 0 Å². The standard InChI is InChI=1S/C40H52O4/c1-26(16-18-33(29-12-8-6-9-13-29)30-14-10-7-11-15-30)35-20-21-36-34-19-17-31-24-32(43-27(2)41)22-23-39(31,4)37(34)25-38(40(35,36)5)44-28(3)42/h6-15,18,26,31-32,34-38H,16-17,19-25H2,1-5H3/t26-,31-,32-,34+,35+,36+,37+,38+,39-,40-/m1/s1. The Labute approximate surface area is 265 Å². The van der Waals surface area contributed by atoms with Crippen molar-refractivity contribution in [2.45, 2.75) is 105 Å². The third-order valence-corrected chi connectivity index (χ3v) is 13.0. The van der Waals surface area contributed by atoms with E-state index in [1.54, 1.807) is 6.92 Å². The molecule has 4 aliphatic rings. The Balaban J connectivity index is 1.26. The van der Waals surface area contributed by atoms with Crippen LogP contribution in [0.1, 0.15) is 104 Å². The Morgan fingerprint density at radius 2 is 1.45 bits per heavy atom. The average molecular weight is 597 g/mol. The van der Waals surface area contributed by atoms with Gasteiger partial charge in [-0.2, -0.15) is 0 Å². The fraction of sp³-hybridized carbons (Fsp3) is 0.600. The minimum Gasteiger partial charge on any atom is -0.463 e. The molecule has 0 aromatic heterocycles. The molecule has 4 heteroatoms. The fourth-order valence-electron chi connectivity index (χ4n) is 10.9. The zero-order valence-corrected chi connectivity index (χ0v) is 27.5. The highest BCUT2D eigenvalue weighted by Gasteiger charge is 2.65. The van der Waals surface area contributed by atoms with Gasteiger partial charge in [-0.25, -0.2) is 0 Å². The van der Waals surface area contributed by atoms with E-state index in [9.17, 15) is 9.59 Å². The van der Waals surface area contributed by atoms with E-state index < -0.39 is 0 Å². The summed E-state index contributed by atoms with van der Waals surface area (Å²) in [6.07, 6.45) is 12.4. The summed E-state index contributed by atoms with van der Waals surface area (Å²) in [5.74, 6) is 3.07. The van der Waals surface area contributed by atoms with E-state index in [-0.39, 0.29) is 35.0 Å². The maximum absolute atomic E-state index is 12.6. The largest absolute Gasteiger partial charge is 0.463 e. The number of carbonyl (C=O) groups is 2. The summed E-state index contributed by atoms with van der Waals surface area (Å²) in [5.41, 5.74) is 4.01. The van der Waals surface area contributed by atoms with E-state index in [2.05, 4.69) is 87.5 Å². The predicted molar refractivity (Wildman–Crippen MR) is 175 cm³/mol. The molecule has 0 radical (unpaired) electrons. The fourth-order valence-corrected chi connectivity index (χ4v) is 10.9. The topological polar surface area (TPSA) is 52.6 Å². The number of rotatable bonds is 7. The number of esters is 2. The molecule has 0 unspecified atom stereocenters. The number of carbonyl (C=O) groups excluding carboxylic acids is 2. The van der Waals surface area contributed by atoms with Crippen molar-refractivity contribution in [2.24, 2.45) is 46.3 Å². The monoisotopic (exact) mass is 596 g/mol. The van der Waals surface area contributed by atoms with E-state index in [1.165, 1.54) is 49.3 Å². The maximum Gasteiger partial charge on any atom is 0.302 e. The number of hydrogen-bond acceptors (Lipinski definition) is 4. The Hall–Kier alpha value is -2.88. The highest BCUT2D eigenvalue weighted by atomic mass is 16.5. The molecular formula is C40H52O4. The normalized spacial score (nSPS) is 36.6. The summed E-state index contributed by atoms with van der Waals surface area (Å²) in [7, 11) is 0. The van der Waals surface area contributed by atoms with E-state index in [0.29, 0.717) is 35.5 Å². The Morgan fingerprint density at radius 3 is 2.07 bits per heavy atom. The quantitative estimate of drug-likeness (QED) is 0.299. The zero-order chi connectivity index (χ0) is 31.1. The molecule has 4 nitrogen and oxygen atoms in total. The van der Waals surface area contributed by atoms with Crippen molar-refractivity contribution < 1.29 is 19.1 Å². The first kappa shape index (κ1) is 31.1. The SMILES string of the molecule is CC(=O)O[C@@H]1CC[C@]2(C)[C@H](CC[C@@H]3[C@@H]2C[C@H](OC(C)=O)[C@@]2(C)[C@H]3CC[C@H]2[C@H](C)CC=C(c2ccccc2)c2ccccc2)C1. The summed E-state index contributed by atoms with van der Waals surface area (Å²) in [4.78, 5) is 24.4. The molecule has 0 N–H and O–H groups in total. The van der Waals surface area contributed by atoms with Crippen molar-refractivity contribution in [3.63, 3.8) is 0 Å². The molecule has 6 rings (SSSR count). The van der Waals surface area contributed by atoms with Crippen molar-refractivity contribution in [1.82, 2.24) is 0 Å². The molecule has 4 fully saturated rings. The third-order valence-electron chi connectivity index (χ3n) is 13.0. The lowest BCUT2D eigenvalue weighted by atomic mass is 9.43. The van der Waals surface area contributed by atoms with Gasteiger partial charge in [0.1, 0.15) is 12.2 Å². The summed E-state index contributed by atoms with van der Waals surface area (Å²) in [6.45, 7) is 10.6. The van der Waals surface area contributed by atoms with E-state index in [4.69, 9.17) is 9.47 Å². The molecule has 236 valence electrons. The molecule has 0 amide bonds. The Kier molecular flexibility index (Phi) is 8.83. The lowest BCUT2D eigenvalue weighted by molar-refractivity contribution is -0.197. The van der Waals surface area contributed by atoms with Gasteiger partial charge in [0, 0.05) is 19.3 Å². The van der Waals surface area contributed by atoms with Crippen LogP contribution in [0.2, 0.25) is 0 Å². The van der Waals surface area contributed by atoms with E-state index >= 15 is 0 Å². The molecule has 2 aromatic carbocycles. The van der Waals surface area contributed by atoms with Crippen molar-refractivity contribution in [1.29, 1.82) is 0 Å². The lowest BCUT2D eigenvalue weighted by Crippen LogP contribution is -2.59. The molecule has 10 atom stereocenters. The van der Waals surface area contributed by atoms with E-state index in [1.807, 2.05) is 0 Å². The molecule has 0 heterocycles. The molecule has 0 spiro atoms. The molecule has 4 aliphatic carbocycles. The van der Waals surface area contributed by atoms with Crippen LogP contribution in [0.3, 0.4) is 0 Å². The van der Waals surface area contributed by atoms with Crippen LogP contribution in [0.5, 0.6) is 0 Å². The van der Waals surface area contributed by atoms with Crippen molar-refractivity contribution in [3.05, 3.63) is 77.9 Å². The Bertz CT molecular complexity index is 1310. The van der Waals surface area contributed by atoms with Crippen LogP contribution in [0.25, 0.3) is 5.57 Å². The second kappa shape index (κ2) is 12.5. The molecule has 0 aliphatic heterocycles. The van der Waals surface area contributed by atoms with Crippen LogP contribution in [-0.2, 0) is 19.1 Å². The van der Waals surface area contributed by atoms with Crippen LogP contribution in [0, 0.1) is 46.3 Å². The van der Waals surface area contributed by atoms with Crippen LogP contribution < -0.4 is 0 Å². The van der Waals surface area contributed by atoms with Gasteiger partial charge in [0.25, 0.3) is 0 Å². The first-order valence-corrected chi connectivity index (χ1v) is 17.3. The van der Waals surface area contributed by atoms with Gasteiger partial charge in [-0.3, -0.25) is 9.59 Å². The number of ether oxygens (including phenoxy) is 2. The molecule has 2 aromatic rings. The van der Waals surface area contributed by atoms with Crippen molar-refractivity contribution >= 4 is 17.5 Å². The maximum atomic E-state index is 12.6. The van der Waals surface area contributed by atoms with Gasteiger partial charge in [-0.05, 0) is 115 Å². The smallest absolute Gasteiger partial charge is 0.302 e. The first-order chi connectivity index (χ1) is 21.1. The van der Waals surface area contributed by atoms with Gasteiger partial charge in [-0.1, -0.05) is 87.5 Å². The third kappa shape index (κ3) is 5.67. The average Bonchev–Trinajstić information content (AvgIpc) is 3.37. The van der Waals surface area contributed by atoms with Crippen LogP contribution >= 0.6 is 0 Å². The van der Waals surface area contributed by atoms with Gasteiger partial charge in [-0.15, -0.1) is 0 Å². The van der Waals surface area contributed by atoms with Crippen LogP contribution in [-0.4, -0.2) is 24.1 Å². The lowest BCUT2D eigenvalue weighted by Gasteiger charge is -2.62. The van der Waals surface area contributed by atoms with E-state index in [0.717, 1.165) is 32.1 Å². The van der Waals surface area contributed by atoms with Gasteiger partial charge in [0.2, 0.25) is 0 Å². The summed E-state index contributed by atoms with van der Waals surface area (Å²) < 4.78 is 12.1. The summed E-state index contributed by atoms with van der Waals surface area (Å²) >= 11 is 0. The minimum atomic E-state index is -0.156. The number of allylic oxidation sites excluding steroid dienone is 1. The highest BCUT2D eigenvalue weighted by molar-refractivity contribution is 5.79. The van der Waals surface area contributed by atoms with Crippen LogP contribution in [0.15, 0.2) is 66.7 Å². The Morgan fingerprint density at radius 1 is 0.818 bits per heavy atom. The van der Waals surface area contributed by atoms with Gasteiger partial charge >= 0.3 is 11.9 Å². The van der Waals surface area contributed by atoms with Gasteiger partial charge in [0.15, 0.2) is 0 Å². The molecular weight excluding hydrogens is 544 g/mol. The second-order valence-corrected chi connectivity index (χ2v) is 15.1. The first-order valence-electron chi connectivity index (χ1n) is 17.3. The molecule has 0 saturated heterocycles. The van der Waals surface area contributed by atoms with Crippen LogP contribution in [0.4, 0.5) is 0 Å². The number of fused-ring (bicyclic) bond motifs is 5. The van der Waals surface area contributed by atoms with Crippen molar-refractivity contribution in [3.8, 4) is 0 Å². The predicted octanol–water partition coefficient (Wildman–Crippen LogP) is 9.28. The number of hydrogen-bond donors (Lipinski definition) is 0. The minimum absolute atomic E-state index is 0.0160. The molecule has 44 heavy (non-hydrogen) atoms. The van der Waals surface area contributed by atoms with Gasteiger partial charge < -0.3 is 9.47 Å². The summed E-state index contributed by atoms with van der Waals surface area (Å²) in [5, 5.41) is 0. The zero-order valence-electron chi connectivity index (χ0n) is 27.5. The second-order valence-electron chi connectivity index (χ2n) is 15.1. The number of benzene rings is 2. The molecule has 0 bridgehead atoms. The highest BCUT2D eigenvalue weighted by Crippen LogP contribution is 2.69. The van der Waals surface area contributed by atoms with Gasteiger partial charge in [0.05, 0.1) is 0 Å². The summed E-state index contributed by atoms with van der Waals surface area (Å²) in [6, 6.07) is 21.5. The molecule has 4 saturated carbocycles.